The van der Waals surface area contributed by atoms with Crippen LogP contribution in [0.3, 0.4) is 0 Å². The van der Waals surface area contributed by atoms with Gasteiger partial charge in [-0.25, -0.2) is 9.18 Å². The molecule has 0 atom stereocenters. The minimum atomic E-state index is -1.04. The Bertz CT molecular complexity index is 761. The van der Waals surface area contributed by atoms with Crippen LogP contribution in [0.1, 0.15) is 32.1 Å². The molecule has 3 amide bonds. The molecule has 3 rings (SSSR count). The summed E-state index contributed by atoms with van der Waals surface area (Å²) >= 11 is 0. The van der Waals surface area contributed by atoms with Crippen LogP contribution in [0.25, 0.3) is 0 Å². The van der Waals surface area contributed by atoms with E-state index in [9.17, 15) is 23.9 Å². The van der Waals surface area contributed by atoms with Crippen molar-refractivity contribution in [2.75, 3.05) is 29.4 Å². The Balaban J connectivity index is 1.66. The summed E-state index contributed by atoms with van der Waals surface area (Å²) in [6, 6.07) is 3.89. The van der Waals surface area contributed by atoms with Crippen LogP contribution in [-0.4, -0.2) is 53.4 Å². The molecule has 0 aromatic heterocycles. The number of nitrogens with one attached hydrogen (secondary N) is 1. The molecule has 0 unspecified atom stereocenters. The van der Waals surface area contributed by atoms with Crippen molar-refractivity contribution < 1.29 is 29.0 Å². The molecule has 0 radical (unpaired) electrons. The van der Waals surface area contributed by atoms with E-state index in [4.69, 9.17) is 5.11 Å². The molecule has 9 heteroatoms. The summed E-state index contributed by atoms with van der Waals surface area (Å²) < 4.78 is 14.6. The van der Waals surface area contributed by atoms with Gasteiger partial charge in [0.25, 0.3) is 0 Å². The molecular weight excluding hydrogens is 357 g/mol. The predicted octanol–water partition coefficient (Wildman–Crippen LogP) is 1.47. The van der Waals surface area contributed by atoms with Gasteiger partial charge in [-0.3, -0.25) is 19.8 Å². The van der Waals surface area contributed by atoms with Gasteiger partial charge in [-0.2, -0.15) is 0 Å². The third-order valence-electron chi connectivity index (χ3n) is 5.14. The molecule has 1 aromatic carbocycles. The standard InChI is InChI=1S/C18H22FN3O5/c19-13-11-12(22-8-4-15(23)20-17(22)26)1-2-14(13)21-9-6-18(27,7-10-21)5-3-16(24)25/h1-2,11,27H,3-10H2,(H,24,25)(H,20,23,26). The lowest BCUT2D eigenvalue weighted by atomic mass is 9.87. The number of anilines is 2. The maximum atomic E-state index is 14.6. The van der Waals surface area contributed by atoms with E-state index in [1.54, 1.807) is 17.0 Å². The first kappa shape index (κ1) is 19.1. The minimum absolute atomic E-state index is 0.0973. The van der Waals surface area contributed by atoms with Crippen LogP contribution in [0.5, 0.6) is 0 Å². The Morgan fingerprint density at radius 3 is 2.52 bits per heavy atom. The second-order valence-corrected chi connectivity index (χ2v) is 7.00. The molecule has 8 nitrogen and oxygen atoms in total. The Kier molecular flexibility index (Phi) is 5.31. The van der Waals surface area contributed by atoms with Gasteiger partial charge in [0.15, 0.2) is 0 Å². The van der Waals surface area contributed by atoms with Crippen LogP contribution in [0, 0.1) is 5.82 Å². The molecule has 146 valence electrons. The summed E-state index contributed by atoms with van der Waals surface area (Å²) in [5.41, 5.74) is -0.298. The second kappa shape index (κ2) is 7.51. The SMILES string of the molecule is O=C(O)CCC1(O)CCN(c2ccc(N3CCC(=O)NC3=O)cc2F)CC1. The van der Waals surface area contributed by atoms with Crippen molar-refractivity contribution >= 4 is 29.3 Å². The number of urea groups is 1. The number of benzene rings is 1. The van der Waals surface area contributed by atoms with Gasteiger partial charge < -0.3 is 15.1 Å². The van der Waals surface area contributed by atoms with Gasteiger partial charge in [0.05, 0.1) is 11.3 Å². The van der Waals surface area contributed by atoms with Gasteiger partial charge >= 0.3 is 12.0 Å². The molecule has 2 heterocycles. The molecule has 0 saturated carbocycles. The van der Waals surface area contributed by atoms with Crippen LogP contribution < -0.4 is 15.1 Å². The second-order valence-electron chi connectivity index (χ2n) is 7.00. The average Bonchev–Trinajstić information content (AvgIpc) is 2.61. The quantitative estimate of drug-likeness (QED) is 0.715. The van der Waals surface area contributed by atoms with Crippen molar-refractivity contribution in [3.63, 3.8) is 0 Å². The highest BCUT2D eigenvalue weighted by atomic mass is 19.1. The highest BCUT2D eigenvalue weighted by Crippen LogP contribution is 2.32. The molecular formula is C18H22FN3O5. The number of carboxylic acids is 1. The lowest BCUT2D eigenvalue weighted by Crippen LogP contribution is -2.49. The molecule has 1 aromatic rings. The van der Waals surface area contributed by atoms with Gasteiger partial charge in [-0.1, -0.05) is 0 Å². The molecule has 2 aliphatic rings. The third-order valence-corrected chi connectivity index (χ3v) is 5.14. The number of carbonyl (C=O) groups is 3. The number of hydrogen-bond acceptors (Lipinski definition) is 5. The summed E-state index contributed by atoms with van der Waals surface area (Å²) in [5, 5.41) is 21.4. The maximum absolute atomic E-state index is 14.6. The van der Waals surface area contributed by atoms with Crippen molar-refractivity contribution in [1.29, 1.82) is 0 Å². The lowest BCUT2D eigenvalue weighted by molar-refractivity contribution is -0.138. The zero-order valence-corrected chi connectivity index (χ0v) is 14.8. The van der Waals surface area contributed by atoms with Crippen LogP contribution in [0.15, 0.2) is 18.2 Å². The first-order chi connectivity index (χ1) is 12.8. The van der Waals surface area contributed by atoms with Crippen LogP contribution >= 0.6 is 0 Å². The number of rotatable bonds is 5. The monoisotopic (exact) mass is 379 g/mol. The normalized spacial score (nSPS) is 19.8. The summed E-state index contributed by atoms with van der Waals surface area (Å²) in [6.07, 6.45) is 0.965. The number of imide groups is 1. The van der Waals surface area contributed by atoms with Crippen molar-refractivity contribution in [1.82, 2.24) is 5.32 Å². The van der Waals surface area contributed by atoms with E-state index < -0.39 is 23.4 Å². The van der Waals surface area contributed by atoms with Crippen molar-refractivity contribution in [2.24, 2.45) is 0 Å². The van der Waals surface area contributed by atoms with E-state index in [0.29, 0.717) is 37.3 Å². The zero-order chi connectivity index (χ0) is 19.6. The number of hydrogen-bond donors (Lipinski definition) is 3. The van der Waals surface area contributed by atoms with Crippen molar-refractivity contribution in [3.8, 4) is 0 Å². The van der Waals surface area contributed by atoms with E-state index in [-0.39, 0.29) is 31.7 Å². The third kappa shape index (κ3) is 4.36. The van der Waals surface area contributed by atoms with E-state index >= 15 is 0 Å². The topological polar surface area (TPSA) is 110 Å². The molecule has 2 saturated heterocycles. The van der Waals surface area contributed by atoms with Gasteiger partial charge in [0.1, 0.15) is 5.82 Å². The maximum Gasteiger partial charge on any atom is 0.328 e. The van der Waals surface area contributed by atoms with Crippen LogP contribution in [-0.2, 0) is 9.59 Å². The molecule has 2 fully saturated rings. The number of nitrogens with zero attached hydrogens (tertiary/aromatic N) is 2. The zero-order valence-electron chi connectivity index (χ0n) is 14.8. The minimum Gasteiger partial charge on any atom is -0.481 e. The van der Waals surface area contributed by atoms with Crippen molar-refractivity contribution in [3.05, 3.63) is 24.0 Å². The summed E-state index contributed by atoms with van der Waals surface area (Å²) in [6.45, 7) is 1.01. The number of carbonyl (C=O) groups excluding carboxylic acids is 2. The fourth-order valence-electron chi connectivity index (χ4n) is 3.48. The first-order valence-corrected chi connectivity index (χ1v) is 8.87. The van der Waals surface area contributed by atoms with E-state index in [0.717, 1.165) is 0 Å². The number of halogens is 1. The fraction of sp³-hybridized carbons (Fsp3) is 0.500. The number of piperidine rings is 1. The Hall–Kier alpha value is -2.68. The molecule has 3 N–H and O–H groups in total. The summed E-state index contributed by atoms with van der Waals surface area (Å²) in [4.78, 5) is 36.9. The molecule has 0 aliphatic carbocycles. The first-order valence-electron chi connectivity index (χ1n) is 8.87. The molecule has 2 aliphatic heterocycles. The highest BCUT2D eigenvalue weighted by molar-refractivity contribution is 6.05. The molecule has 0 spiro atoms. The highest BCUT2D eigenvalue weighted by Gasteiger charge is 2.33. The van der Waals surface area contributed by atoms with E-state index in [1.807, 2.05) is 0 Å². The lowest BCUT2D eigenvalue weighted by Gasteiger charge is -2.39. The molecule has 27 heavy (non-hydrogen) atoms. The summed E-state index contributed by atoms with van der Waals surface area (Å²) in [5.74, 6) is -1.79. The Labute approximate surface area is 155 Å². The summed E-state index contributed by atoms with van der Waals surface area (Å²) in [7, 11) is 0. The number of aliphatic hydroxyl groups is 1. The van der Waals surface area contributed by atoms with Crippen LogP contribution in [0.2, 0.25) is 0 Å². The fourth-order valence-corrected chi connectivity index (χ4v) is 3.48. The van der Waals surface area contributed by atoms with E-state index in [1.165, 1.54) is 11.0 Å². The average molecular weight is 379 g/mol. The van der Waals surface area contributed by atoms with Gasteiger partial charge in [0.2, 0.25) is 5.91 Å². The number of aliphatic carboxylic acids is 1. The Morgan fingerprint density at radius 2 is 1.93 bits per heavy atom. The number of amides is 3. The smallest absolute Gasteiger partial charge is 0.328 e. The van der Waals surface area contributed by atoms with Gasteiger partial charge in [-0.15, -0.1) is 0 Å². The van der Waals surface area contributed by atoms with Crippen molar-refractivity contribution in [2.45, 2.75) is 37.7 Å². The Morgan fingerprint density at radius 1 is 1.22 bits per heavy atom. The molecule has 0 bridgehead atoms. The largest absolute Gasteiger partial charge is 0.481 e. The number of carboxylic acid groups (broad SMARTS) is 1. The van der Waals surface area contributed by atoms with Gasteiger partial charge in [0, 0.05) is 38.2 Å². The predicted molar refractivity (Wildman–Crippen MR) is 95.2 cm³/mol. The van der Waals surface area contributed by atoms with Crippen LogP contribution in [0.4, 0.5) is 20.6 Å². The van der Waals surface area contributed by atoms with Gasteiger partial charge in [-0.05, 0) is 37.5 Å². The van der Waals surface area contributed by atoms with E-state index in [2.05, 4.69) is 5.32 Å².